The first-order valence-electron chi connectivity index (χ1n) is 16.1. The molecule has 2 amide bonds. The van der Waals surface area contributed by atoms with Crippen molar-refractivity contribution in [3.63, 3.8) is 0 Å². The third-order valence-corrected chi connectivity index (χ3v) is 21.5. The monoisotopic (exact) mass is 610 g/mol. The molecule has 1 aliphatic heterocycles. The summed E-state index contributed by atoms with van der Waals surface area (Å²) in [4.78, 5) is 24.1. The highest BCUT2D eigenvalue weighted by Gasteiger charge is 2.57. The number of carbonyl (C=O) groups is 2. The number of carbonyl (C=O) groups excluding carboxylic acids is 1. The molecule has 7 nitrogen and oxygen atoms in total. The fourth-order valence-corrected chi connectivity index (χ4v) is 10.1. The van der Waals surface area contributed by atoms with Crippen LogP contribution < -0.4 is 10.6 Å². The molecular weight excluding hydrogens is 549 g/mol. The number of nitrogens with one attached hydrogen (secondary N) is 2. The molecule has 0 unspecified atom stereocenters. The zero-order chi connectivity index (χ0) is 31.2. The summed E-state index contributed by atoms with van der Waals surface area (Å²) in [6.07, 6.45) is 5.62. The summed E-state index contributed by atoms with van der Waals surface area (Å²) in [5, 5.41) is 16.0. The van der Waals surface area contributed by atoms with Crippen LogP contribution in [0.1, 0.15) is 100 Å². The van der Waals surface area contributed by atoms with Gasteiger partial charge in [0.05, 0.1) is 0 Å². The van der Waals surface area contributed by atoms with Crippen LogP contribution in [0.15, 0.2) is 0 Å². The molecule has 9 heteroatoms. The average Bonchev–Trinajstić information content (AvgIpc) is 2.80. The maximum atomic E-state index is 12.4. The van der Waals surface area contributed by atoms with Gasteiger partial charge in [0.2, 0.25) is 5.91 Å². The first-order chi connectivity index (χ1) is 18.5. The van der Waals surface area contributed by atoms with Crippen molar-refractivity contribution in [1.82, 2.24) is 10.6 Å². The molecule has 238 valence electrons. The Balaban J connectivity index is 1.96. The lowest BCUT2D eigenvalue weighted by Gasteiger charge is -2.59. The van der Waals surface area contributed by atoms with E-state index >= 15 is 0 Å². The van der Waals surface area contributed by atoms with Gasteiger partial charge in [-0.25, -0.2) is 4.79 Å². The zero-order valence-corrected chi connectivity index (χ0v) is 30.3. The van der Waals surface area contributed by atoms with Gasteiger partial charge < -0.3 is 24.6 Å². The molecule has 1 saturated heterocycles. The van der Waals surface area contributed by atoms with Crippen molar-refractivity contribution in [3.05, 3.63) is 0 Å². The van der Waals surface area contributed by atoms with Crippen LogP contribution in [-0.4, -0.2) is 58.5 Å². The Bertz CT molecular complexity index is 959. The molecule has 41 heavy (non-hydrogen) atoms. The maximum Gasteiger partial charge on any atom is 0.404 e. The molecule has 0 bridgehead atoms. The molecule has 1 heterocycles. The Kier molecular flexibility index (Phi) is 10.0. The highest BCUT2D eigenvalue weighted by Crippen LogP contribution is 2.58. The van der Waals surface area contributed by atoms with Crippen molar-refractivity contribution in [1.29, 1.82) is 0 Å². The molecule has 3 rings (SSSR count). The van der Waals surface area contributed by atoms with Crippen molar-refractivity contribution >= 4 is 28.6 Å². The van der Waals surface area contributed by atoms with Crippen LogP contribution >= 0.6 is 0 Å². The van der Waals surface area contributed by atoms with E-state index in [9.17, 15) is 14.7 Å². The molecule has 0 aromatic carbocycles. The molecule has 2 saturated carbocycles. The second-order valence-corrected chi connectivity index (χ2v) is 26.7. The first kappa shape index (κ1) is 34.6. The van der Waals surface area contributed by atoms with Gasteiger partial charge in [-0.1, -0.05) is 48.5 Å². The van der Waals surface area contributed by atoms with Gasteiger partial charge in [-0.05, 0) is 111 Å². The Morgan fingerprint density at radius 2 is 1.59 bits per heavy atom. The van der Waals surface area contributed by atoms with E-state index in [2.05, 4.69) is 92.2 Å². The van der Waals surface area contributed by atoms with Gasteiger partial charge in [-0.15, -0.1) is 0 Å². The largest absolute Gasteiger partial charge is 0.465 e. The summed E-state index contributed by atoms with van der Waals surface area (Å²) in [6, 6.07) is 0. The molecule has 0 spiro atoms. The summed E-state index contributed by atoms with van der Waals surface area (Å²) in [6.45, 7) is 29.1. The number of piperidine rings is 1. The van der Waals surface area contributed by atoms with Crippen molar-refractivity contribution in [2.45, 2.75) is 148 Å². The lowest BCUT2D eigenvalue weighted by molar-refractivity contribution is -0.134. The van der Waals surface area contributed by atoms with E-state index in [0.717, 1.165) is 45.1 Å². The molecule has 0 aromatic heterocycles. The number of carboxylic acid groups (broad SMARTS) is 1. The minimum absolute atomic E-state index is 0.00327. The predicted octanol–water partition coefficient (Wildman–Crippen LogP) is 7.78. The standard InChI is InChI=1S/C32H62N2O5Si2/c1-29(2,3)40(9,10)38-21-22-19-23(39-41(11,12)30(4,5)6)15-17-31(22,7)25-16-18-32(8)26(13-14-27(35)34-32)24(25)20-33-28(36)37/h22-26,33H,13-21H2,1-12H3,(H,34,35)(H,36,37)/t22-,23+,24-,25+,26+,31+,32+/m1/s1. The van der Waals surface area contributed by atoms with Crippen LogP contribution in [0.5, 0.6) is 0 Å². The van der Waals surface area contributed by atoms with Crippen LogP contribution in [0, 0.1) is 29.1 Å². The first-order valence-corrected chi connectivity index (χ1v) is 21.9. The van der Waals surface area contributed by atoms with E-state index < -0.39 is 22.7 Å². The minimum Gasteiger partial charge on any atom is -0.465 e. The van der Waals surface area contributed by atoms with Gasteiger partial charge in [0, 0.05) is 31.2 Å². The molecule has 0 aromatic rings. The number of fused-ring (bicyclic) bond motifs is 1. The Labute approximate surface area is 252 Å². The zero-order valence-electron chi connectivity index (χ0n) is 28.3. The van der Waals surface area contributed by atoms with Crippen LogP contribution in [0.4, 0.5) is 4.79 Å². The number of amides is 2. The van der Waals surface area contributed by atoms with E-state index in [0.29, 0.717) is 24.8 Å². The van der Waals surface area contributed by atoms with Crippen molar-refractivity contribution in [3.8, 4) is 0 Å². The fourth-order valence-electron chi connectivity index (χ4n) is 7.62. The van der Waals surface area contributed by atoms with Crippen molar-refractivity contribution in [2.24, 2.45) is 29.1 Å². The summed E-state index contributed by atoms with van der Waals surface area (Å²) in [5.74, 6) is 1.24. The third-order valence-electron chi connectivity index (χ3n) is 12.5. The van der Waals surface area contributed by atoms with Crippen molar-refractivity contribution in [2.75, 3.05) is 13.2 Å². The summed E-state index contributed by atoms with van der Waals surface area (Å²) in [7, 11) is -3.89. The molecule has 3 fully saturated rings. The van der Waals surface area contributed by atoms with Gasteiger partial charge in [-0.3, -0.25) is 4.79 Å². The molecule has 7 atom stereocenters. The topological polar surface area (TPSA) is 96.9 Å². The highest BCUT2D eigenvalue weighted by atomic mass is 28.4. The number of rotatable bonds is 8. The van der Waals surface area contributed by atoms with Crippen LogP contribution in [0.25, 0.3) is 0 Å². The normalized spacial score (nSPS) is 35.4. The molecule has 3 aliphatic rings. The maximum absolute atomic E-state index is 12.4. The van der Waals surface area contributed by atoms with Crippen LogP contribution in [-0.2, 0) is 13.6 Å². The SMILES string of the molecule is CC(C)(C)[Si](C)(C)OC[C@H]1C[C@@H](O[Si](C)(C)C(C)(C)C)CC[C@]1(C)[C@H]1CC[C@]2(C)NC(=O)CC[C@H]2[C@@H]1CNC(=O)O. The Hall–Kier alpha value is -0.906. The van der Waals surface area contributed by atoms with Gasteiger partial charge in [0.25, 0.3) is 0 Å². The fraction of sp³-hybridized carbons (Fsp3) is 0.938. The number of hydrogen-bond donors (Lipinski definition) is 3. The van der Waals surface area contributed by atoms with E-state index in [1.54, 1.807) is 0 Å². The van der Waals surface area contributed by atoms with Gasteiger partial charge >= 0.3 is 6.09 Å². The van der Waals surface area contributed by atoms with E-state index in [4.69, 9.17) is 8.85 Å². The minimum atomic E-state index is -1.96. The molecular formula is C32H62N2O5Si2. The Morgan fingerprint density at radius 3 is 2.15 bits per heavy atom. The number of hydrogen-bond acceptors (Lipinski definition) is 4. The van der Waals surface area contributed by atoms with Gasteiger partial charge in [0.1, 0.15) is 0 Å². The second kappa shape index (κ2) is 11.9. The van der Waals surface area contributed by atoms with E-state index in [-0.39, 0.29) is 44.9 Å². The summed E-state index contributed by atoms with van der Waals surface area (Å²) in [5.41, 5.74) is -0.272. The molecule has 0 radical (unpaired) electrons. The van der Waals surface area contributed by atoms with Crippen LogP contribution in [0.2, 0.25) is 36.3 Å². The quantitative estimate of drug-likeness (QED) is 0.244. The average molecular weight is 611 g/mol. The highest BCUT2D eigenvalue weighted by molar-refractivity contribution is 6.74. The van der Waals surface area contributed by atoms with E-state index in [1.807, 2.05) is 0 Å². The summed E-state index contributed by atoms with van der Waals surface area (Å²) < 4.78 is 14.0. The molecule has 3 N–H and O–H groups in total. The molecule has 2 aliphatic carbocycles. The van der Waals surface area contributed by atoms with Gasteiger partial charge in [0.15, 0.2) is 16.6 Å². The predicted molar refractivity (Wildman–Crippen MR) is 172 cm³/mol. The Morgan fingerprint density at radius 1 is 0.976 bits per heavy atom. The van der Waals surface area contributed by atoms with Crippen molar-refractivity contribution < 1.29 is 23.5 Å². The van der Waals surface area contributed by atoms with Gasteiger partial charge in [-0.2, -0.15) is 0 Å². The smallest absolute Gasteiger partial charge is 0.404 e. The lowest BCUT2D eigenvalue weighted by atomic mass is 9.49. The third kappa shape index (κ3) is 7.43. The summed E-state index contributed by atoms with van der Waals surface area (Å²) >= 11 is 0. The van der Waals surface area contributed by atoms with E-state index in [1.165, 1.54) is 0 Å². The lowest BCUT2D eigenvalue weighted by Crippen LogP contribution is -2.64. The van der Waals surface area contributed by atoms with Crippen LogP contribution in [0.3, 0.4) is 0 Å². The second-order valence-electron chi connectivity index (χ2n) is 17.2.